The molecule has 2 aromatic heterocycles. The molecule has 7 nitrogen and oxygen atoms in total. The Balaban J connectivity index is 1.86. The summed E-state index contributed by atoms with van der Waals surface area (Å²) in [5.41, 5.74) is 2.25. The minimum Gasteiger partial charge on any atom is -0.480 e. The Morgan fingerprint density at radius 1 is 1.28 bits per heavy atom. The van der Waals surface area contributed by atoms with E-state index in [1.165, 1.54) is 18.1 Å². The van der Waals surface area contributed by atoms with E-state index in [2.05, 4.69) is 20.3 Å². The maximum atomic E-state index is 11.5. The molecular formula is C17H19N5O2S. The summed E-state index contributed by atoms with van der Waals surface area (Å²) in [4.78, 5) is 20.0. The molecule has 0 saturated heterocycles. The average molecular weight is 357 g/mol. The highest BCUT2D eigenvalue weighted by Crippen LogP contribution is 2.29. The van der Waals surface area contributed by atoms with Crippen LogP contribution in [0.25, 0.3) is 11.2 Å². The molecule has 3 aromatic rings. The minimum absolute atomic E-state index is 0.544. The van der Waals surface area contributed by atoms with Gasteiger partial charge in [0.05, 0.1) is 6.54 Å². The quantitative estimate of drug-likeness (QED) is 0.489. The number of carboxylic acids is 1. The van der Waals surface area contributed by atoms with E-state index in [1.54, 1.807) is 4.68 Å². The number of carbonyl (C=O) groups is 1. The summed E-state index contributed by atoms with van der Waals surface area (Å²) >= 11 is 1.22. The first-order valence-electron chi connectivity index (χ1n) is 8.16. The standard InChI is InChI=1S/C17H19N5O2S/c1-2-3-9-13(17(23)24)25-16-14-15(18-11-19-16)22(21-20-14)10-12-7-5-4-6-8-12/h4-8,11,13H,2-3,9-10H2,1H3,(H,23,24)/t13-/m0/s1. The van der Waals surface area contributed by atoms with Gasteiger partial charge in [0.1, 0.15) is 16.6 Å². The van der Waals surface area contributed by atoms with Gasteiger partial charge >= 0.3 is 5.97 Å². The smallest absolute Gasteiger partial charge is 0.317 e. The maximum Gasteiger partial charge on any atom is 0.317 e. The molecule has 1 N–H and O–H groups in total. The van der Waals surface area contributed by atoms with Gasteiger partial charge in [0.15, 0.2) is 11.2 Å². The molecule has 3 rings (SSSR count). The molecule has 0 aliphatic heterocycles. The molecule has 0 fully saturated rings. The van der Waals surface area contributed by atoms with Crippen molar-refractivity contribution in [1.82, 2.24) is 25.0 Å². The fraction of sp³-hybridized carbons (Fsp3) is 0.353. The minimum atomic E-state index is -0.832. The lowest BCUT2D eigenvalue weighted by Crippen LogP contribution is -2.16. The zero-order valence-corrected chi connectivity index (χ0v) is 14.7. The first-order chi connectivity index (χ1) is 12.2. The second-order valence-corrected chi connectivity index (χ2v) is 6.86. The third-order valence-electron chi connectivity index (χ3n) is 3.79. The molecule has 1 atom stereocenters. The van der Waals surface area contributed by atoms with Crippen molar-refractivity contribution < 1.29 is 9.90 Å². The van der Waals surface area contributed by atoms with E-state index in [0.717, 1.165) is 18.4 Å². The molecule has 0 aliphatic rings. The number of rotatable bonds is 8. The van der Waals surface area contributed by atoms with E-state index >= 15 is 0 Å². The Bertz CT molecular complexity index is 853. The molecule has 0 bridgehead atoms. The Kier molecular flexibility index (Phi) is 5.60. The second-order valence-electron chi connectivity index (χ2n) is 5.67. The number of thioether (sulfide) groups is 1. The van der Waals surface area contributed by atoms with Gasteiger partial charge in [-0.2, -0.15) is 0 Å². The number of benzene rings is 1. The summed E-state index contributed by atoms with van der Waals surface area (Å²) in [6.07, 6.45) is 3.85. The van der Waals surface area contributed by atoms with Gasteiger partial charge in [-0.05, 0) is 12.0 Å². The molecule has 0 spiro atoms. The number of nitrogens with zero attached hydrogens (tertiary/aromatic N) is 5. The molecule has 2 heterocycles. The summed E-state index contributed by atoms with van der Waals surface area (Å²) in [7, 11) is 0. The Labute approximate surface area is 149 Å². The maximum absolute atomic E-state index is 11.5. The SMILES string of the molecule is CCCC[C@H](Sc1ncnc2c1nnn2Cc1ccccc1)C(=O)O. The van der Waals surface area contributed by atoms with Gasteiger partial charge in [-0.25, -0.2) is 14.6 Å². The largest absolute Gasteiger partial charge is 0.480 e. The first kappa shape index (κ1) is 17.3. The van der Waals surface area contributed by atoms with Gasteiger partial charge in [0, 0.05) is 0 Å². The highest BCUT2D eigenvalue weighted by molar-refractivity contribution is 8.00. The molecule has 0 amide bonds. The van der Waals surface area contributed by atoms with Gasteiger partial charge in [-0.3, -0.25) is 4.79 Å². The molecule has 130 valence electrons. The summed E-state index contributed by atoms with van der Waals surface area (Å²) in [6, 6.07) is 9.92. The highest BCUT2D eigenvalue weighted by atomic mass is 32.2. The third kappa shape index (κ3) is 4.14. The van der Waals surface area contributed by atoms with Crippen LogP contribution in [-0.2, 0) is 11.3 Å². The van der Waals surface area contributed by atoms with E-state index in [9.17, 15) is 9.90 Å². The monoisotopic (exact) mass is 357 g/mol. The van der Waals surface area contributed by atoms with Crippen molar-refractivity contribution in [1.29, 1.82) is 0 Å². The number of aromatic nitrogens is 5. The van der Waals surface area contributed by atoms with Gasteiger partial charge in [-0.15, -0.1) is 5.10 Å². The van der Waals surface area contributed by atoms with Crippen molar-refractivity contribution >= 4 is 28.9 Å². The molecule has 25 heavy (non-hydrogen) atoms. The number of hydrogen-bond acceptors (Lipinski definition) is 6. The molecular weight excluding hydrogens is 338 g/mol. The van der Waals surface area contributed by atoms with E-state index in [1.807, 2.05) is 37.3 Å². The van der Waals surface area contributed by atoms with Gasteiger partial charge < -0.3 is 5.11 Å². The third-order valence-corrected chi connectivity index (χ3v) is 5.03. The molecule has 0 unspecified atom stereocenters. The zero-order chi connectivity index (χ0) is 17.6. The second kappa shape index (κ2) is 8.06. The van der Waals surface area contributed by atoms with E-state index in [4.69, 9.17) is 0 Å². The Morgan fingerprint density at radius 2 is 2.08 bits per heavy atom. The van der Waals surface area contributed by atoms with Crippen LogP contribution in [0.5, 0.6) is 0 Å². The topological polar surface area (TPSA) is 93.8 Å². The summed E-state index contributed by atoms with van der Waals surface area (Å²) < 4.78 is 1.71. The lowest BCUT2D eigenvalue weighted by Gasteiger charge is -2.10. The van der Waals surface area contributed by atoms with Crippen LogP contribution in [0.3, 0.4) is 0 Å². The van der Waals surface area contributed by atoms with Crippen LogP contribution >= 0.6 is 11.8 Å². The summed E-state index contributed by atoms with van der Waals surface area (Å²) in [6.45, 7) is 2.60. The van der Waals surface area contributed by atoms with Crippen LogP contribution < -0.4 is 0 Å². The fourth-order valence-corrected chi connectivity index (χ4v) is 3.48. The molecule has 0 radical (unpaired) electrons. The number of carboxylic acid groups (broad SMARTS) is 1. The van der Waals surface area contributed by atoms with Gasteiger partial charge in [-0.1, -0.05) is 67.1 Å². The molecule has 8 heteroatoms. The van der Waals surface area contributed by atoms with Crippen LogP contribution in [0.15, 0.2) is 41.7 Å². The lowest BCUT2D eigenvalue weighted by atomic mass is 10.2. The highest BCUT2D eigenvalue weighted by Gasteiger charge is 2.22. The summed E-state index contributed by atoms with van der Waals surface area (Å²) in [5.74, 6) is -0.832. The van der Waals surface area contributed by atoms with Crippen molar-refractivity contribution in [3.63, 3.8) is 0 Å². The number of aliphatic carboxylic acids is 1. The van der Waals surface area contributed by atoms with E-state index in [-0.39, 0.29) is 0 Å². The van der Waals surface area contributed by atoms with E-state index in [0.29, 0.717) is 29.2 Å². The zero-order valence-electron chi connectivity index (χ0n) is 13.9. The molecule has 1 aromatic carbocycles. The van der Waals surface area contributed by atoms with Crippen LogP contribution in [0.4, 0.5) is 0 Å². The van der Waals surface area contributed by atoms with Crippen LogP contribution in [-0.4, -0.2) is 41.3 Å². The van der Waals surface area contributed by atoms with Crippen molar-refractivity contribution in [2.24, 2.45) is 0 Å². The van der Waals surface area contributed by atoms with Crippen LogP contribution in [0.2, 0.25) is 0 Å². The van der Waals surface area contributed by atoms with Crippen LogP contribution in [0.1, 0.15) is 31.7 Å². The normalized spacial score (nSPS) is 12.4. The first-order valence-corrected chi connectivity index (χ1v) is 9.04. The van der Waals surface area contributed by atoms with Crippen molar-refractivity contribution in [2.75, 3.05) is 0 Å². The van der Waals surface area contributed by atoms with E-state index < -0.39 is 11.2 Å². The number of fused-ring (bicyclic) bond motifs is 1. The Morgan fingerprint density at radius 3 is 2.80 bits per heavy atom. The molecule has 0 saturated carbocycles. The summed E-state index contributed by atoms with van der Waals surface area (Å²) in [5, 5.41) is 17.8. The van der Waals surface area contributed by atoms with Crippen molar-refractivity contribution in [3.8, 4) is 0 Å². The van der Waals surface area contributed by atoms with Crippen molar-refractivity contribution in [2.45, 2.75) is 43.0 Å². The Hall–Kier alpha value is -2.48. The van der Waals surface area contributed by atoms with Crippen LogP contribution in [0, 0.1) is 0 Å². The van der Waals surface area contributed by atoms with Gasteiger partial charge in [0.2, 0.25) is 0 Å². The number of hydrogen-bond donors (Lipinski definition) is 1. The lowest BCUT2D eigenvalue weighted by molar-refractivity contribution is -0.136. The number of unbranched alkanes of at least 4 members (excludes halogenated alkanes) is 1. The predicted molar refractivity (Wildman–Crippen MR) is 95.5 cm³/mol. The average Bonchev–Trinajstić information content (AvgIpc) is 3.03. The van der Waals surface area contributed by atoms with Crippen molar-refractivity contribution in [3.05, 3.63) is 42.2 Å². The molecule has 0 aliphatic carbocycles. The fourth-order valence-electron chi connectivity index (χ4n) is 2.48. The van der Waals surface area contributed by atoms with Gasteiger partial charge in [0.25, 0.3) is 0 Å². The predicted octanol–water partition coefficient (Wildman–Crippen LogP) is 3.01.